The van der Waals surface area contributed by atoms with Gasteiger partial charge in [-0.3, -0.25) is 10.1 Å². The Hall–Kier alpha value is -1.89. The highest BCUT2D eigenvalue weighted by Gasteiger charge is 2.29. The molecular weight excluding hydrogens is 216 g/mol. The van der Waals surface area contributed by atoms with Crippen LogP contribution in [-0.4, -0.2) is 36.3 Å². The van der Waals surface area contributed by atoms with Crippen molar-refractivity contribution in [2.45, 2.75) is 6.10 Å². The second kappa shape index (κ2) is 4.31. The first kappa shape index (κ1) is 10.6. The number of aromatic nitrogens is 1. The maximum Gasteiger partial charge on any atom is 0.318 e. The number of hydrogen-bond donors (Lipinski definition) is 0. The van der Waals surface area contributed by atoms with Gasteiger partial charge in [-0.15, -0.1) is 0 Å². The fraction of sp³-hybridized carbons (Fsp3) is 0.444. The van der Waals surface area contributed by atoms with Gasteiger partial charge in [-0.05, 0) is 0 Å². The molecule has 0 bridgehead atoms. The van der Waals surface area contributed by atoms with Crippen molar-refractivity contribution in [1.82, 2.24) is 4.98 Å². The van der Waals surface area contributed by atoms with E-state index in [-0.39, 0.29) is 30.0 Å². The molecule has 0 aliphatic carbocycles. The number of ether oxygens (including phenoxy) is 3. The molecule has 0 saturated carbocycles. The molecular formula is C9H10N2O5. The maximum absolute atomic E-state index is 10.7. The lowest BCUT2D eigenvalue weighted by molar-refractivity contribution is -0.386. The summed E-state index contributed by atoms with van der Waals surface area (Å²) in [4.78, 5) is 14.1. The lowest BCUT2D eigenvalue weighted by atomic mass is 10.3. The van der Waals surface area contributed by atoms with Gasteiger partial charge in [-0.2, -0.15) is 0 Å². The Kier molecular flexibility index (Phi) is 2.86. The van der Waals surface area contributed by atoms with Crippen LogP contribution in [0.1, 0.15) is 0 Å². The monoisotopic (exact) mass is 226 g/mol. The SMILES string of the molecule is COCC1COc2nccc([N+](=O)[O-])c2O1. The van der Waals surface area contributed by atoms with Crippen LogP contribution in [0.4, 0.5) is 5.69 Å². The van der Waals surface area contributed by atoms with E-state index in [1.807, 2.05) is 0 Å². The van der Waals surface area contributed by atoms with Crippen molar-refractivity contribution in [2.24, 2.45) is 0 Å². The predicted molar refractivity (Wildman–Crippen MR) is 52.7 cm³/mol. The first-order valence-corrected chi connectivity index (χ1v) is 4.64. The molecule has 0 spiro atoms. The first-order valence-electron chi connectivity index (χ1n) is 4.64. The molecule has 1 aromatic heterocycles. The molecule has 1 aliphatic heterocycles. The minimum atomic E-state index is -0.529. The van der Waals surface area contributed by atoms with Crippen LogP contribution in [0.15, 0.2) is 12.3 Å². The summed E-state index contributed by atoms with van der Waals surface area (Å²) in [6.45, 7) is 0.584. The molecule has 1 unspecified atom stereocenters. The van der Waals surface area contributed by atoms with E-state index in [2.05, 4.69) is 4.98 Å². The van der Waals surface area contributed by atoms with Gasteiger partial charge in [0.15, 0.2) is 6.10 Å². The molecule has 1 atom stereocenters. The van der Waals surface area contributed by atoms with Crippen molar-refractivity contribution in [1.29, 1.82) is 0 Å². The van der Waals surface area contributed by atoms with Crippen LogP contribution in [0, 0.1) is 10.1 Å². The van der Waals surface area contributed by atoms with E-state index in [0.29, 0.717) is 6.61 Å². The number of hydrogen-bond acceptors (Lipinski definition) is 6. The summed E-state index contributed by atoms with van der Waals surface area (Å²) in [5.41, 5.74) is -0.147. The van der Waals surface area contributed by atoms with E-state index in [0.717, 1.165) is 0 Å². The van der Waals surface area contributed by atoms with Crippen LogP contribution >= 0.6 is 0 Å². The normalized spacial score (nSPS) is 18.2. The van der Waals surface area contributed by atoms with E-state index >= 15 is 0 Å². The summed E-state index contributed by atoms with van der Waals surface area (Å²) < 4.78 is 15.6. The smallest absolute Gasteiger partial charge is 0.318 e. The van der Waals surface area contributed by atoms with Gasteiger partial charge in [-0.25, -0.2) is 4.98 Å². The highest BCUT2D eigenvalue weighted by molar-refractivity contribution is 5.52. The molecule has 86 valence electrons. The number of methoxy groups -OCH3 is 1. The molecule has 0 saturated heterocycles. The molecule has 2 rings (SSSR count). The summed E-state index contributed by atoms with van der Waals surface area (Å²) in [7, 11) is 1.52. The Labute approximate surface area is 91.1 Å². The summed E-state index contributed by atoms with van der Waals surface area (Å²) in [5.74, 6) is 0.224. The van der Waals surface area contributed by atoms with Gasteiger partial charge >= 0.3 is 5.69 Å². The number of nitro groups is 1. The highest BCUT2D eigenvalue weighted by atomic mass is 16.6. The van der Waals surface area contributed by atoms with Gasteiger partial charge in [-0.1, -0.05) is 0 Å². The zero-order chi connectivity index (χ0) is 11.5. The minimum absolute atomic E-state index is 0.0702. The van der Waals surface area contributed by atoms with Gasteiger partial charge in [0.05, 0.1) is 11.5 Å². The summed E-state index contributed by atoms with van der Waals surface area (Å²) >= 11 is 0. The molecule has 2 heterocycles. The third kappa shape index (κ3) is 1.89. The Bertz CT molecular complexity index is 409. The molecule has 0 amide bonds. The van der Waals surface area contributed by atoms with Crippen LogP contribution in [0.25, 0.3) is 0 Å². The molecule has 16 heavy (non-hydrogen) atoms. The number of pyridine rings is 1. The minimum Gasteiger partial charge on any atom is -0.474 e. The second-order valence-corrected chi connectivity index (χ2v) is 3.23. The van der Waals surface area contributed by atoms with Crippen molar-refractivity contribution in [2.75, 3.05) is 20.3 Å². The van der Waals surface area contributed by atoms with Crippen molar-refractivity contribution in [3.63, 3.8) is 0 Å². The zero-order valence-electron chi connectivity index (χ0n) is 8.58. The average molecular weight is 226 g/mol. The van der Waals surface area contributed by atoms with Crippen LogP contribution in [0.5, 0.6) is 11.6 Å². The molecule has 0 radical (unpaired) electrons. The van der Waals surface area contributed by atoms with E-state index < -0.39 is 4.92 Å². The molecule has 7 heteroatoms. The summed E-state index contributed by atoms with van der Waals surface area (Å²) in [6.07, 6.45) is 0.970. The van der Waals surface area contributed by atoms with Gasteiger partial charge in [0.1, 0.15) is 6.61 Å². The molecule has 1 aromatic rings. The fourth-order valence-corrected chi connectivity index (χ4v) is 1.42. The van der Waals surface area contributed by atoms with Crippen molar-refractivity contribution in [3.05, 3.63) is 22.4 Å². The largest absolute Gasteiger partial charge is 0.474 e. The van der Waals surface area contributed by atoms with Crippen molar-refractivity contribution < 1.29 is 19.1 Å². The summed E-state index contributed by atoms with van der Waals surface area (Å²) in [6, 6.07) is 1.28. The van der Waals surface area contributed by atoms with E-state index in [4.69, 9.17) is 14.2 Å². The summed E-state index contributed by atoms with van der Waals surface area (Å²) in [5, 5.41) is 10.7. The second-order valence-electron chi connectivity index (χ2n) is 3.23. The molecule has 7 nitrogen and oxygen atoms in total. The Morgan fingerprint density at radius 2 is 2.56 bits per heavy atom. The third-order valence-corrected chi connectivity index (χ3v) is 2.09. The van der Waals surface area contributed by atoms with Crippen LogP contribution < -0.4 is 9.47 Å². The lowest BCUT2D eigenvalue weighted by Crippen LogP contribution is -2.33. The standard InChI is InChI=1S/C9H10N2O5/c1-14-4-6-5-15-9-8(16-6)7(11(12)13)2-3-10-9/h2-3,6H,4-5H2,1H3. The maximum atomic E-state index is 10.7. The number of nitrogens with zero attached hydrogens (tertiary/aromatic N) is 2. The Balaban J connectivity index is 2.30. The van der Waals surface area contributed by atoms with Gasteiger partial charge in [0, 0.05) is 19.4 Å². The molecule has 0 aromatic carbocycles. The van der Waals surface area contributed by atoms with Crippen LogP contribution in [0.2, 0.25) is 0 Å². The quantitative estimate of drug-likeness (QED) is 0.559. The van der Waals surface area contributed by atoms with E-state index in [1.165, 1.54) is 19.4 Å². The van der Waals surface area contributed by atoms with E-state index in [9.17, 15) is 10.1 Å². The van der Waals surface area contributed by atoms with Crippen LogP contribution in [-0.2, 0) is 4.74 Å². The Morgan fingerprint density at radius 1 is 1.75 bits per heavy atom. The van der Waals surface area contributed by atoms with Crippen molar-refractivity contribution in [3.8, 4) is 11.6 Å². The first-order chi connectivity index (χ1) is 7.72. The van der Waals surface area contributed by atoms with Gasteiger partial charge in [0.25, 0.3) is 11.6 Å². The topological polar surface area (TPSA) is 83.7 Å². The average Bonchev–Trinajstić information content (AvgIpc) is 2.28. The molecule has 0 fully saturated rings. The van der Waals surface area contributed by atoms with Crippen molar-refractivity contribution >= 4 is 5.69 Å². The number of fused-ring (bicyclic) bond motifs is 1. The Morgan fingerprint density at radius 3 is 3.25 bits per heavy atom. The van der Waals surface area contributed by atoms with Gasteiger partial charge < -0.3 is 14.2 Å². The van der Waals surface area contributed by atoms with Gasteiger partial charge in [0.2, 0.25) is 0 Å². The third-order valence-electron chi connectivity index (χ3n) is 2.09. The number of rotatable bonds is 3. The molecule has 0 N–H and O–H groups in total. The zero-order valence-corrected chi connectivity index (χ0v) is 8.58. The van der Waals surface area contributed by atoms with E-state index in [1.54, 1.807) is 0 Å². The van der Waals surface area contributed by atoms with Crippen LogP contribution in [0.3, 0.4) is 0 Å². The predicted octanol–water partition coefficient (Wildman–Crippen LogP) is 0.776. The fourth-order valence-electron chi connectivity index (χ4n) is 1.42. The highest BCUT2D eigenvalue weighted by Crippen LogP contribution is 2.37. The lowest BCUT2D eigenvalue weighted by Gasteiger charge is -2.24. The molecule has 1 aliphatic rings.